The second-order valence-corrected chi connectivity index (χ2v) is 6.69. The molecule has 2 rings (SSSR count). The first-order chi connectivity index (χ1) is 12.4. The van der Waals surface area contributed by atoms with E-state index in [1.807, 2.05) is 6.92 Å². The van der Waals surface area contributed by atoms with Crippen molar-refractivity contribution >= 4 is 35.6 Å². The van der Waals surface area contributed by atoms with Gasteiger partial charge >= 0.3 is 0 Å². The SMILES string of the molecule is CCCSc1nccc(C)c1N(C=O)c1nc(C)c(F)cc1C(=O)NC. The van der Waals surface area contributed by atoms with E-state index < -0.39 is 11.7 Å². The van der Waals surface area contributed by atoms with Gasteiger partial charge < -0.3 is 5.32 Å². The standard InChI is InChI=1S/C18H21FN4O2S/c1-5-8-26-18-15(11(2)6-7-21-18)23(10-24)16-13(17(25)20-4)9-14(19)12(3)22-16/h6-7,9-10H,5,8H2,1-4H3,(H,20,25). The van der Waals surface area contributed by atoms with Crippen molar-refractivity contribution in [2.45, 2.75) is 32.2 Å². The third-order valence-corrected chi connectivity index (χ3v) is 4.90. The predicted octanol–water partition coefficient (Wildman–Crippen LogP) is 3.39. The number of carbonyl (C=O) groups is 2. The van der Waals surface area contributed by atoms with Gasteiger partial charge in [0, 0.05) is 13.2 Å². The summed E-state index contributed by atoms with van der Waals surface area (Å²) in [6.07, 6.45) is 3.19. The molecule has 0 aliphatic rings. The Labute approximate surface area is 156 Å². The highest BCUT2D eigenvalue weighted by molar-refractivity contribution is 7.99. The van der Waals surface area contributed by atoms with Crippen molar-refractivity contribution in [3.8, 4) is 0 Å². The van der Waals surface area contributed by atoms with Crippen LogP contribution >= 0.6 is 11.8 Å². The van der Waals surface area contributed by atoms with E-state index in [4.69, 9.17) is 0 Å². The average molecular weight is 376 g/mol. The Kier molecular flexibility index (Phi) is 6.68. The number of halogens is 1. The number of aryl methyl sites for hydroxylation is 2. The number of aromatic nitrogens is 2. The van der Waals surface area contributed by atoms with Gasteiger partial charge in [0.15, 0.2) is 5.82 Å². The summed E-state index contributed by atoms with van der Waals surface area (Å²) in [4.78, 5) is 34.0. The molecular weight excluding hydrogens is 355 g/mol. The Balaban J connectivity index is 2.69. The van der Waals surface area contributed by atoms with Crippen molar-refractivity contribution in [2.75, 3.05) is 17.7 Å². The number of nitrogens with zero attached hydrogens (tertiary/aromatic N) is 3. The molecule has 0 aromatic carbocycles. The fourth-order valence-electron chi connectivity index (χ4n) is 2.39. The van der Waals surface area contributed by atoms with Crippen LogP contribution in [-0.2, 0) is 4.79 Å². The maximum absolute atomic E-state index is 14.0. The molecule has 2 aromatic heterocycles. The molecule has 2 amide bonds. The number of pyridine rings is 2. The third-order valence-electron chi connectivity index (χ3n) is 3.71. The summed E-state index contributed by atoms with van der Waals surface area (Å²) in [5, 5.41) is 3.11. The van der Waals surface area contributed by atoms with Crippen molar-refractivity contribution in [3.63, 3.8) is 0 Å². The molecule has 0 unspecified atom stereocenters. The molecule has 0 aliphatic heterocycles. The van der Waals surface area contributed by atoms with E-state index in [2.05, 4.69) is 22.2 Å². The molecule has 1 N–H and O–H groups in total. The number of hydrogen-bond acceptors (Lipinski definition) is 5. The van der Waals surface area contributed by atoms with Gasteiger partial charge in [-0.2, -0.15) is 0 Å². The van der Waals surface area contributed by atoms with Crippen molar-refractivity contribution in [1.29, 1.82) is 0 Å². The van der Waals surface area contributed by atoms with E-state index in [0.717, 1.165) is 23.8 Å². The molecule has 0 bridgehead atoms. The van der Waals surface area contributed by atoms with Crippen molar-refractivity contribution in [3.05, 3.63) is 41.0 Å². The van der Waals surface area contributed by atoms with Gasteiger partial charge in [-0.05, 0) is 43.7 Å². The second kappa shape index (κ2) is 8.75. The highest BCUT2D eigenvalue weighted by Gasteiger charge is 2.24. The topological polar surface area (TPSA) is 75.2 Å². The lowest BCUT2D eigenvalue weighted by atomic mass is 10.1. The van der Waals surface area contributed by atoms with Gasteiger partial charge in [-0.15, -0.1) is 11.8 Å². The lowest BCUT2D eigenvalue weighted by Gasteiger charge is -2.23. The lowest BCUT2D eigenvalue weighted by Crippen LogP contribution is -2.26. The molecule has 6 nitrogen and oxygen atoms in total. The minimum Gasteiger partial charge on any atom is -0.355 e. The molecule has 0 saturated carbocycles. The predicted molar refractivity (Wildman–Crippen MR) is 101 cm³/mol. The maximum atomic E-state index is 14.0. The second-order valence-electron chi connectivity index (χ2n) is 5.61. The maximum Gasteiger partial charge on any atom is 0.254 e. The third kappa shape index (κ3) is 4.01. The van der Waals surface area contributed by atoms with Crippen LogP contribution in [0.4, 0.5) is 15.9 Å². The summed E-state index contributed by atoms with van der Waals surface area (Å²) in [5.74, 6) is -0.231. The molecule has 0 radical (unpaired) electrons. The first-order valence-corrected chi connectivity index (χ1v) is 9.15. The molecule has 2 heterocycles. The summed E-state index contributed by atoms with van der Waals surface area (Å²) in [5.41, 5.74) is 1.43. The molecular formula is C18H21FN4O2S. The molecule has 138 valence electrons. The Bertz CT molecular complexity index is 829. The quantitative estimate of drug-likeness (QED) is 0.592. The highest BCUT2D eigenvalue weighted by Crippen LogP contribution is 2.36. The molecule has 0 saturated heterocycles. The summed E-state index contributed by atoms with van der Waals surface area (Å²) in [6, 6.07) is 2.87. The Morgan fingerprint density at radius 1 is 1.42 bits per heavy atom. The molecule has 0 atom stereocenters. The average Bonchev–Trinajstić information content (AvgIpc) is 2.64. The van der Waals surface area contributed by atoms with Crippen LogP contribution in [0.2, 0.25) is 0 Å². The summed E-state index contributed by atoms with van der Waals surface area (Å²) < 4.78 is 14.0. The van der Waals surface area contributed by atoms with Crippen molar-refractivity contribution in [1.82, 2.24) is 15.3 Å². The first-order valence-electron chi connectivity index (χ1n) is 8.16. The number of rotatable bonds is 7. The number of thioether (sulfide) groups is 1. The van der Waals surface area contributed by atoms with Gasteiger partial charge in [0.25, 0.3) is 5.91 Å². The number of carbonyl (C=O) groups excluding carboxylic acids is 2. The van der Waals surface area contributed by atoms with E-state index in [1.54, 1.807) is 12.3 Å². The van der Waals surface area contributed by atoms with Gasteiger partial charge in [-0.1, -0.05) is 6.92 Å². The smallest absolute Gasteiger partial charge is 0.254 e. The fourth-order valence-corrected chi connectivity index (χ4v) is 3.31. The van der Waals surface area contributed by atoms with E-state index in [9.17, 15) is 14.0 Å². The minimum absolute atomic E-state index is 0.0163. The molecule has 0 fully saturated rings. The Hall–Kier alpha value is -2.48. The fraction of sp³-hybridized carbons (Fsp3) is 0.333. The normalized spacial score (nSPS) is 10.5. The molecule has 0 aliphatic carbocycles. The number of amides is 2. The first kappa shape index (κ1) is 19.8. The lowest BCUT2D eigenvalue weighted by molar-refractivity contribution is -0.106. The summed E-state index contributed by atoms with van der Waals surface area (Å²) >= 11 is 1.51. The Morgan fingerprint density at radius 2 is 2.15 bits per heavy atom. The van der Waals surface area contributed by atoms with Crippen molar-refractivity contribution < 1.29 is 14.0 Å². The zero-order valence-electron chi connectivity index (χ0n) is 15.2. The van der Waals surface area contributed by atoms with Gasteiger partial charge in [-0.3, -0.25) is 14.5 Å². The molecule has 0 spiro atoms. The molecule has 8 heteroatoms. The number of hydrogen-bond donors (Lipinski definition) is 1. The molecule has 2 aromatic rings. The van der Waals surface area contributed by atoms with Gasteiger partial charge in [0.05, 0.1) is 16.9 Å². The largest absolute Gasteiger partial charge is 0.355 e. The van der Waals surface area contributed by atoms with Crippen LogP contribution in [0.1, 0.15) is 35.0 Å². The van der Waals surface area contributed by atoms with Gasteiger partial charge in [-0.25, -0.2) is 14.4 Å². The van der Waals surface area contributed by atoms with Gasteiger partial charge in [0.1, 0.15) is 10.8 Å². The van der Waals surface area contributed by atoms with Crippen molar-refractivity contribution in [2.24, 2.45) is 0 Å². The van der Waals surface area contributed by atoms with E-state index >= 15 is 0 Å². The van der Waals surface area contributed by atoms with Gasteiger partial charge in [0.2, 0.25) is 6.41 Å². The number of anilines is 2. The zero-order valence-corrected chi connectivity index (χ0v) is 16.0. The summed E-state index contributed by atoms with van der Waals surface area (Å²) in [6.45, 7) is 5.38. The van der Waals surface area contributed by atoms with Crippen LogP contribution in [0.3, 0.4) is 0 Å². The zero-order chi connectivity index (χ0) is 19.3. The van der Waals surface area contributed by atoms with E-state index in [-0.39, 0.29) is 17.1 Å². The minimum atomic E-state index is -0.610. The Morgan fingerprint density at radius 3 is 2.77 bits per heavy atom. The van der Waals surface area contributed by atoms with Crippen LogP contribution in [0, 0.1) is 19.7 Å². The van der Waals surface area contributed by atoms with Crippen LogP contribution in [-0.4, -0.2) is 35.1 Å². The summed E-state index contributed by atoms with van der Waals surface area (Å²) in [7, 11) is 1.44. The van der Waals surface area contributed by atoms with E-state index in [0.29, 0.717) is 17.1 Å². The van der Waals surface area contributed by atoms with Crippen LogP contribution in [0.25, 0.3) is 0 Å². The van der Waals surface area contributed by atoms with Crippen LogP contribution in [0.5, 0.6) is 0 Å². The van der Waals surface area contributed by atoms with E-state index in [1.165, 1.54) is 30.6 Å². The molecule has 26 heavy (non-hydrogen) atoms. The monoisotopic (exact) mass is 376 g/mol. The highest BCUT2D eigenvalue weighted by atomic mass is 32.2. The number of nitrogens with one attached hydrogen (secondary N) is 1. The van der Waals surface area contributed by atoms with Crippen LogP contribution in [0.15, 0.2) is 23.4 Å². The van der Waals surface area contributed by atoms with Crippen LogP contribution < -0.4 is 10.2 Å².